The second-order valence-electron chi connectivity index (χ2n) is 8.37. The van der Waals surface area contributed by atoms with E-state index in [4.69, 9.17) is 23.2 Å². The number of rotatable bonds is 5. The van der Waals surface area contributed by atoms with Crippen LogP contribution in [0, 0.1) is 16.0 Å². The van der Waals surface area contributed by atoms with Gasteiger partial charge >= 0.3 is 5.97 Å². The van der Waals surface area contributed by atoms with Gasteiger partial charge in [0.05, 0.1) is 11.0 Å². The lowest BCUT2D eigenvalue weighted by Gasteiger charge is -2.37. The van der Waals surface area contributed by atoms with Crippen LogP contribution < -0.4 is 4.90 Å². The van der Waals surface area contributed by atoms with Crippen molar-refractivity contribution in [1.29, 1.82) is 0 Å². The molecule has 2 aromatic carbocycles. The molecule has 33 heavy (non-hydrogen) atoms. The van der Waals surface area contributed by atoms with Crippen molar-refractivity contribution < 1.29 is 19.6 Å². The Balaban J connectivity index is 1.53. The van der Waals surface area contributed by atoms with Crippen LogP contribution in [0.2, 0.25) is 10.0 Å². The second-order valence-corrected chi connectivity index (χ2v) is 9.21. The maximum Gasteiger partial charge on any atom is 0.326 e. The number of benzene rings is 2. The third-order valence-electron chi connectivity index (χ3n) is 6.51. The molecule has 2 heterocycles. The maximum atomic E-state index is 13.6. The average molecular weight is 492 g/mol. The Bertz CT molecular complexity index is 1090. The molecule has 2 aliphatic heterocycles. The van der Waals surface area contributed by atoms with Gasteiger partial charge in [0.1, 0.15) is 11.7 Å². The summed E-state index contributed by atoms with van der Waals surface area (Å²) in [7, 11) is 0. The second kappa shape index (κ2) is 9.57. The lowest BCUT2D eigenvalue weighted by atomic mass is 9.93. The van der Waals surface area contributed by atoms with Crippen LogP contribution in [-0.2, 0) is 9.59 Å². The van der Waals surface area contributed by atoms with Gasteiger partial charge in [0.25, 0.3) is 5.69 Å². The van der Waals surface area contributed by atoms with Crippen LogP contribution in [0.25, 0.3) is 0 Å². The van der Waals surface area contributed by atoms with Crippen LogP contribution in [0.5, 0.6) is 0 Å². The number of nitro groups is 1. The Labute approximate surface area is 200 Å². The van der Waals surface area contributed by atoms with E-state index in [0.29, 0.717) is 54.5 Å². The maximum absolute atomic E-state index is 13.6. The van der Waals surface area contributed by atoms with Crippen LogP contribution in [0.15, 0.2) is 42.5 Å². The van der Waals surface area contributed by atoms with Crippen LogP contribution in [0.3, 0.4) is 0 Å². The summed E-state index contributed by atoms with van der Waals surface area (Å²) >= 11 is 12.4. The van der Waals surface area contributed by atoms with Gasteiger partial charge in [0, 0.05) is 35.1 Å². The number of hydrogen-bond acceptors (Lipinski definition) is 5. The largest absolute Gasteiger partial charge is 0.480 e. The number of carboxylic acid groups (broad SMARTS) is 1. The summed E-state index contributed by atoms with van der Waals surface area (Å²) in [5.41, 5.74) is 1.15. The highest BCUT2D eigenvalue weighted by Gasteiger charge is 2.44. The van der Waals surface area contributed by atoms with Gasteiger partial charge in [-0.15, -0.1) is 0 Å². The van der Waals surface area contributed by atoms with Crippen molar-refractivity contribution in [2.75, 3.05) is 18.0 Å². The summed E-state index contributed by atoms with van der Waals surface area (Å²) in [4.78, 5) is 39.8. The Kier molecular flexibility index (Phi) is 6.76. The van der Waals surface area contributed by atoms with Gasteiger partial charge in [0.2, 0.25) is 5.91 Å². The zero-order chi connectivity index (χ0) is 23.7. The molecule has 2 aromatic rings. The van der Waals surface area contributed by atoms with E-state index in [1.54, 1.807) is 18.2 Å². The molecule has 0 bridgehead atoms. The first-order valence-electron chi connectivity index (χ1n) is 10.8. The first-order valence-corrected chi connectivity index (χ1v) is 11.5. The number of halogens is 2. The van der Waals surface area contributed by atoms with Crippen LogP contribution >= 0.6 is 23.2 Å². The monoisotopic (exact) mass is 491 g/mol. The number of nitro benzene ring substituents is 1. The molecule has 2 fully saturated rings. The fraction of sp³-hybridized carbons (Fsp3) is 0.391. The molecule has 0 aromatic heterocycles. The Morgan fingerprint density at radius 1 is 1.03 bits per heavy atom. The zero-order valence-corrected chi connectivity index (χ0v) is 19.2. The van der Waals surface area contributed by atoms with Gasteiger partial charge in [-0.05, 0) is 49.4 Å². The minimum atomic E-state index is -1.02. The van der Waals surface area contributed by atoms with Crippen molar-refractivity contribution in [2.45, 2.75) is 37.8 Å². The molecule has 2 aliphatic rings. The first-order chi connectivity index (χ1) is 15.8. The average Bonchev–Trinajstić information content (AvgIpc) is 3.24. The van der Waals surface area contributed by atoms with Crippen molar-refractivity contribution >= 4 is 46.5 Å². The smallest absolute Gasteiger partial charge is 0.326 e. The van der Waals surface area contributed by atoms with Crippen LogP contribution in [0.1, 0.15) is 37.3 Å². The Morgan fingerprint density at radius 3 is 2.36 bits per heavy atom. The molecule has 0 saturated carbocycles. The van der Waals surface area contributed by atoms with Gasteiger partial charge < -0.3 is 14.9 Å². The van der Waals surface area contributed by atoms with Crippen molar-refractivity contribution in [1.82, 2.24) is 4.90 Å². The van der Waals surface area contributed by atoms with Crippen LogP contribution in [0.4, 0.5) is 11.4 Å². The summed E-state index contributed by atoms with van der Waals surface area (Å²) in [6.45, 7) is 0.861. The predicted octanol–water partition coefficient (Wildman–Crippen LogP) is 4.93. The van der Waals surface area contributed by atoms with Crippen molar-refractivity contribution in [2.24, 2.45) is 5.92 Å². The number of carbonyl (C=O) groups is 2. The van der Waals surface area contributed by atoms with Gasteiger partial charge in [0.15, 0.2) is 0 Å². The molecule has 10 heteroatoms. The van der Waals surface area contributed by atoms with Crippen molar-refractivity contribution in [3.05, 3.63) is 68.2 Å². The normalized spacial score (nSPS) is 21.3. The summed E-state index contributed by atoms with van der Waals surface area (Å²) < 4.78 is 0. The Morgan fingerprint density at radius 2 is 1.73 bits per heavy atom. The minimum absolute atomic E-state index is 0.0338. The number of carbonyl (C=O) groups excluding carboxylic acids is 1. The number of carboxylic acids is 1. The van der Waals surface area contributed by atoms with Gasteiger partial charge in [-0.25, -0.2) is 4.79 Å². The number of amides is 1. The summed E-state index contributed by atoms with van der Waals surface area (Å²) in [5.74, 6) is -1.60. The fourth-order valence-electron chi connectivity index (χ4n) is 4.89. The van der Waals surface area contributed by atoms with E-state index in [-0.39, 0.29) is 23.6 Å². The summed E-state index contributed by atoms with van der Waals surface area (Å²) in [6.07, 6.45) is 1.81. The first kappa shape index (κ1) is 23.3. The number of aliphatic carboxylic acids is 1. The molecule has 2 atom stereocenters. The molecular formula is C23H23Cl2N3O5. The molecule has 8 nitrogen and oxygen atoms in total. The molecule has 1 amide bonds. The van der Waals surface area contributed by atoms with Gasteiger partial charge in [-0.1, -0.05) is 41.4 Å². The fourth-order valence-corrected chi connectivity index (χ4v) is 5.32. The van der Waals surface area contributed by atoms with E-state index < -0.39 is 16.9 Å². The molecule has 4 rings (SSSR count). The highest BCUT2D eigenvalue weighted by molar-refractivity contribution is 6.31. The highest BCUT2D eigenvalue weighted by Crippen LogP contribution is 2.41. The number of anilines is 1. The highest BCUT2D eigenvalue weighted by atomic mass is 35.5. The van der Waals surface area contributed by atoms with Gasteiger partial charge in [-0.3, -0.25) is 14.9 Å². The van der Waals surface area contributed by atoms with E-state index in [0.717, 1.165) is 5.56 Å². The topological polar surface area (TPSA) is 104 Å². The van der Waals surface area contributed by atoms with E-state index in [1.807, 2.05) is 17.0 Å². The van der Waals surface area contributed by atoms with E-state index in [1.165, 1.54) is 17.0 Å². The molecule has 0 aliphatic carbocycles. The summed E-state index contributed by atoms with van der Waals surface area (Å²) in [5, 5.41) is 22.1. The molecular weight excluding hydrogens is 469 g/mol. The van der Waals surface area contributed by atoms with Crippen molar-refractivity contribution in [3.63, 3.8) is 0 Å². The SMILES string of the molecule is O=C(O)[C@@H]1CC[C@H](c2ccccc2Cl)N1C(=O)C1CCN(c2cc(Cl)ccc2[N+](=O)[O-])CC1. The standard InChI is InChI=1S/C23H23Cl2N3O5/c24-15-5-6-19(28(32)33)21(13-15)26-11-9-14(10-12-26)22(29)27-18(7-8-20(27)23(30)31)16-3-1-2-4-17(16)25/h1-6,13-14,18,20H,7-12H2,(H,30,31)/t18-,20+/m1/s1. The predicted molar refractivity (Wildman–Crippen MR) is 125 cm³/mol. The third-order valence-corrected chi connectivity index (χ3v) is 7.09. The molecule has 174 valence electrons. The summed E-state index contributed by atoms with van der Waals surface area (Å²) in [6, 6.07) is 10.3. The van der Waals surface area contributed by atoms with Crippen molar-refractivity contribution in [3.8, 4) is 0 Å². The number of nitrogens with zero attached hydrogens (tertiary/aromatic N) is 3. The van der Waals surface area contributed by atoms with Gasteiger partial charge in [-0.2, -0.15) is 0 Å². The Hall–Kier alpha value is -2.84. The third kappa shape index (κ3) is 4.63. The zero-order valence-electron chi connectivity index (χ0n) is 17.7. The number of hydrogen-bond donors (Lipinski definition) is 1. The lowest BCUT2D eigenvalue weighted by Crippen LogP contribution is -2.47. The number of likely N-dealkylation sites (tertiary alicyclic amines) is 1. The molecule has 0 unspecified atom stereocenters. The molecule has 2 saturated heterocycles. The quantitative estimate of drug-likeness (QED) is 0.469. The lowest BCUT2D eigenvalue weighted by molar-refractivity contribution is -0.384. The van der Waals surface area contributed by atoms with Crippen LogP contribution in [-0.4, -0.2) is 45.9 Å². The number of piperidine rings is 1. The molecule has 0 spiro atoms. The minimum Gasteiger partial charge on any atom is -0.480 e. The molecule has 0 radical (unpaired) electrons. The van der Waals surface area contributed by atoms with E-state index >= 15 is 0 Å². The van der Waals surface area contributed by atoms with E-state index in [2.05, 4.69) is 0 Å². The molecule has 1 N–H and O–H groups in total. The van der Waals surface area contributed by atoms with E-state index in [9.17, 15) is 24.8 Å².